The third-order valence-corrected chi connectivity index (χ3v) is 13.4. The van der Waals surface area contributed by atoms with Crippen molar-refractivity contribution in [2.24, 2.45) is 0 Å². The average Bonchev–Trinajstić information content (AvgIpc) is 2.03. The van der Waals surface area contributed by atoms with Gasteiger partial charge in [0.25, 0.3) is 0 Å². The van der Waals surface area contributed by atoms with Crippen molar-refractivity contribution in [3.63, 3.8) is 0 Å². The van der Waals surface area contributed by atoms with Crippen LogP contribution in [0.2, 0.25) is 17.2 Å². The van der Waals surface area contributed by atoms with Crippen LogP contribution in [-0.4, -0.2) is 29.9 Å². The van der Waals surface area contributed by atoms with Crippen LogP contribution in [0.3, 0.4) is 0 Å². The van der Waals surface area contributed by atoms with Gasteiger partial charge >= 0.3 is 81.0 Å². The van der Waals surface area contributed by atoms with Crippen molar-refractivity contribution in [3.8, 4) is 0 Å². The van der Waals surface area contributed by atoms with Crippen LogP contribution < -0.4 is 3.58 Å². The Hall–Kier alpha value is 0.236. The van der Waals surface area contributed by atoms with Crippen molar-refractivity contribution in [2.75, 3.05) is 0 Å². The molecule has 1 aromatic rings. The van der Waals surface area contributed by atoms with Crippen LogP contribution >= 0.6 is 0 Å². The van der Waals surface area contributed by atoms with Gasteiger partial charge in [0.1, 0.15) is 0 Å². The minimum absolute atomic E-state index is 0.161. The molecule has 2 radical (unpaired) electrons. The van der Waals surface area contributed by atoms with E-state index in [0.717, 1.165) is 0 Å². The fourth-order valence-corrected chi connectivity index (χ4v) is 8.26. The molecule has 0 aliphatic carbocycles. The predicted molar refractivity (Wildman–Crippen MR) is 55.5 cm³/mol. The van der Waals surface area contributed by atoms with Gasteiger partial charge in [-0.2, -0.15) is 0 Å². The van der Waals surface area contributed by atoms with Crippen LogP contribution in [0.4, 0.5) is 0 Å². The standard InChI is InChI=1S/C6H5.C3H9Si.Sn/c1-2-4-6-5-3-1;1-4(2)3;/h1-5H;4H,1H2,2-3H3;. The summed E-state index contributed by atoms with van der Waals surface area (Å²) in [5, 5.41) is 0. The van der Waals surface area contributed by atoms with Crippen LogP contribution in [-0.2, 0) is 0 Å². The van der Waals surface area contributed by atoms with E-state index in [1.165, 1.54) is 0 Å². The first-order valence-corrected chi connectivity index (χ1v) is 10.6. The molecule has 58 valence electrons. The minimum atomic E-state index is -0.265. The van der Waals surface area contributed by atoms with E-state index >= 15 is 0 Å². The first-order chi connectivity index (χ1) is 5.29. The summed E-state index contributed by atoms with van der Waals surface area (Å²) in [4.78, 5) is 0. The molecule has 0 unspecified atom stereocenters. The van der Waals surface area contributed by atoms with Gasteiger partial charge in [-0.25, -0.2) is 0 Å². The van der Waals surface area contributed by atoms with E-state index in [0.29, 0.717) is 0 Å². The van der Waals surface area contributed by atoms with Gasteiger partial charge in [0.2, 0.25) is 0 Å². The molecule has 0 bridgehead atoms. The Bertz CT molecular complexity index is 196. The SMILES string of the molecule is C[SiH](C)[CH2][Sn][c]1ccccc1. The topological polar surface area (TPSA) is 0 Å². The molecular formula is C9H14SiSn. The third-order valence-electron chi connectivity index (χ3n) is 1.49. The van der Waals surface area contributed by atoms with Crippen molar-refractivity contribution >= 4 is 33.5 Å². The van der Waals surface area contributed by atoms with E-state index in [9.17, 15) is 0 Å². The van der Waals surface area contributed by atoms with E-state index in [1.54, 1.807) is 7.64 Å². The van der Waals surface area contributed by atoms with Gasteiger partial charge in [0.05, 0.1) is 0 Å². The Kier molecular flexibility index (Phi) is 4.22. The molecule has 0 amide bonds. The summed E-state index contributed by atoms with van der Waals surface area (Å²) in [6, 6.07) is 11.0. The predicted octanol–water partition coefficient (Wildman–Crippen LogP) is 1.46. The number of hydrogen-bond donors (Lipinski definition) is 0. The summed E-state index contributed by atoms with van der Waals surface area (Å²) in [6.45, 7) is 4.90. The van der Waals surface area contributed by atoms with E-state index in [-0.39, 0.29) is 29.9 Å². The van der Waals surface area contributed by atoms with Crippen LogP contribution in [0, 0.1) is 0 Å². The molecule has 0 heterocycles. The van der Waals surface area contributed by atoms with Crippen LogP contribution in [0.15, 0.2) is 30.3 Å². The zero-order valence-corrected chi connectivity index (χ0v) is 11.2. The summed E-state index contributed by atoms with van der Waals surface area (Å²) in [5.41, 5.74) is 0. The summed E-state index contributed by atoms with van der Waals surface area (Å²) in [5.74, 6) is 0. The van der Waals surface area contributed by atoms with Crippen molar-refractivity contribution in [3.05, 3.63) is 30.3 Å². The van der Waals surface area contributed by atoms with Gasteiger partial charge in [-0.1, -0.05) is 0 Å². The first kappa shape index (κ1) is 9.32. The van der Waals surface area contributed by atoms with E-state index in [1.807, 2.05) is 0 Å². The second-order valence-corrected chi connectivity index (χ2v) is 12.5. The molecule has 1 rings (SSSR count). The molecule has 0 atom stereocenters. The van der Waals surface area contributed by atoms with Gasteiger partial charge < -0.3 is 0 Å². The van der Waals surface area contributed by atoms with E-state index in [4.69, 9.17) is 0 Å². The van der Waals surface area contributed by atoms with Gasteiger partial charge in [-0.3, -0.25) is 0 Å². The normalized spacial score (nSPS) is 10.5. The maximum atomic E-state index is 2.45. The zero-order chi connectivity index (χ0) is 8.10. The molecule has 0 saturated carbocycles. The van der Waals surface area contributed by atoms with Crippen molar-refractivity contribution in [2.45, 2.75) is 17.2 Å². The van der Waals surface area contributed by atoms with Crippen LogP contribution in [0.25, 0.3) is 0 Å². The number of benzene rings is 1. The Balaban J connectivity index is 2.39. The van der Waals surface area contributed by atoms with Gasteiger partial charge in [-0.05, 0) is 0 Å². The summed E-state index contributed by atoms with van der Waals surface area (Å²) >= 11 is -0.161. The van der Waals surface area contributed by atoms with E-state index in [2.05, 4.69) is 43.4 Å². The fourth-order valence-electron chi connectivity index (χ4n) is 0.878. The number of rotatable bonds is 3. The summed E-state index contributed by atoms with van der Waals surface area (Å²) < 4.78 is 3.27. The van der Waals surface area contributed by atoms with Crippen LogP contribution in [0.1, 0.15) is 0 Å². The van der Waals surface area contributed by atoms with E-state index < -0.39 is 0 Å². The molecule has 11 heavy (non-hydrogen) atoms. The van der Waals surface area contributed by atoms with Gasteiger partial charge in [0.15, 0.2) is 0 Å². The molecule has 0 nitrogen and oxygen atoms in total. The first-order valence-electron chi connectivity index (χ1n) is 4.08. The third kappa shape index (κ3) is 3.96. The fraction of sp³-hybridized carbons (Fsp3) is 0.333. The monoisotopic (exact) mass is 270 g/mol. The second kappa shape index (κ2) is 4.98. The molecule has 2 heteroatoms. The van der Waals surface area contributed by atoms with Crippen molar-refractivity contribution in [1.29, 1.82) is 0 Å². The van der Waals surface area contributed by atoms with Crippen molar-refractivity contribution in [1.82, 2.24) is 0 Å². The Morgan fingerprint density at radius 3 is 2.36 bits per heavy atom. The zero-order valence-electron chi connectivity index (χ0n) is 7.17. The molecule has 0 aliphatic heterocycles. The maximum absolute atomic E-state index is 2.45. The summed E-state index contributed by atoms with van der Waals surface area (Å²) in [7, 11) is -0.265. The second-order valence-electron chi connectivity index (χ2n) is 3.14. The Morgan fingerprint density at radius 2 is 1.82 bits per heavy atom. The van der Waals surface area contributed by atoms with Crippen molar-refractivity contribution < 1.29 is 0 Å². The summed E-state index contributed by atoms with van der Waals surface area (Å²) in [6.07, 6.45) is 0. The Morgan fingerprint density at radius 1 is 1.18 bits per heavy atom. The molecule has 0 aromatic heterocycles. The Labute approximate surface area is 80.8 Å². The quantitative estimate of drug-likeness (QED) is 0.729. The van der Waals surface area contributed by atoms with Crippen LogP contribution in [0.5, 0.6) is 0 Å². The van der Waals surface area contributed by atoms with Gasteiger partial charge in [-0.15, -0.1) is 0 Å². The molecule has 0 fully saturated rings. The average molecular weight is 269 g/mol. The molecule has 1 aromatic carbocycles. The molecule has 0 aliphatic rings. The molecule has 0 N–H and O–H groups in total. The molecule has 0 spiro atoms. The number of hydrogen-bond acceptors (Lipinski definition) is 0. The van der Waals surface area contributed by atoms with Gasteiger partial charge in [0, 0.05) is 0 Å². The molecule has 0 saturated heterocycles. The molecular weight excluding hydrogens is 255 g/mol.